The minimum absolute atomic E-state index is 0.659. The van der Waals surface area contributed by atoms with Crippen LogP contribution in [-0.2, 0) is 6.42 Å². The first-order chi connectivity index (χ1) is 10.2. The van der Waals surface area contributed by atoms with E-state index < -0.39 is 0 Å². The molecule has 0 amide bonds. The van der Waals surface area contributed by atoms with Gasteiger partial charge in [0, 0.05) is 19.6 Å². The molecular weight excluding hydrogens is 266 g/mol. The Morgan fingerprint density at radius 2 is 1.95 bits per heavy atom. The quantitative estimate of drug-likeness (QED) is 0.666. The first-order valence-corrected chi connectivity index (χ1v) is 7.50. The van der Waals surface area contributed by atoms with Crippen molar-refractivity contribution in [3.63, 3.8) is 0 Å². The maximum atomic E-state index is 6.06. The minimum Gasteiger partial charge on any atom is -0.497 e. The fourth-order valence-corrected chi connectivity index (χ4v) is 2.59. The zero-order valence-corrected chi connectivity index (χ0v) is 13.0. The monoisotopic (exact) mass is 291 g/mol. The average Bonchev–Trinajstić information content (AvgIpc) is 2.55. The summed E-state index contributed by atoms with van der Waals surface area (Å²) in [5.74, 6) is 2.36. The number of piperidine rings is 1. The Bertz CT molecular complexity index is 482. The molecule has 1 saturated heterocycles. The van der Waals surface area contributed by atoms with Crippen molar-refractivity contribution in [2.45, 2.75) is 25.7 Å². The molecular formula is C16H25N3O2. The third-order valence-electron chi connectivity index (χ3n) is 3.82. The SMILES string of the molecule is COc1ccc(OC)c(CCN=C(N)N2CCCCC2)c1. The van der Waals surface area contributed by atoms with Crippen molar-refractivity contribution in [2.24, 2.45) is 10.7 Å². The fraction of sp³-hybridized carbons (Fsp3) is 0.562. The van der Waals surface area contributed by atoms with Gasteiger partial charge >= 0.3 is 0 Å². The predicted octanol–water partition coefficient (Wildman–Crippen LogP) is 2.05. The van der Waals surface area contributed by atoms with E-state index in [4.69, 9.17) is 15.2 Å². The number of rotatable bonds is 5. The van der Waals surface area contributed by atoms with Crippen LogP contribution < -0.4 is 15.2 Å². The molecule has 21 heavy (non-hydrogen) atoms. The number of methoxy groups -OCH3 is 2. The Kier molecular flexibility index (Phi) is 5.72. The molecule has 0 bridgehead atoms. The Balaban J connectivity index is 1.95. The zero-order chi connectivity index (χ0) is 15.1. The van der Waals surface area contributed by atoms with Gasteiger partial charge < -0.3 is 20.1 Å². The zero-order valence-electron chi connectivity index (χ0n) is 13.0. The lowest BCUT2D eigenvalue weighted by molar-refractivity contribution is 0.338. The molecule has 5 heteroatoms. The van der Waals surface area contributed by atoms with Crippen molar-refractivity contribution in [1.29, 1.82) is 0 Å². The van der Waals surface area contributed by atoms with E-state index in [2.05, 4.69) is 9.89 Å². The van der Waals surface area contributed by atoms with Crippen LogP contribution in [-0.4, -0.2) is 44.7 Å². The summed E-state index contributed by atoms with van der Waals surface area (Å²) < 4.78 is 10.6. The van der Waals surface area contributed by atoms with Crippen molar-refractivity contribution < 1.29 is 9.47 Å². The van der Waals surface area contributed by atoms with Gasteiger partial charge in [-0.3, -0.25) is 4.99 Å². The van der Waals surface area contributed by atoms with Gasteiger partial charge in [-0.15, -0.1) is 0 Å². The molecule has 0 spiro atoms. The highest BCUT2D eigenvalue weighted by atomic mass is 16.5. The molecule has 0 aromatic heterocycles. The lowest BCUT2D eigenvalue weighted by Gasteiger charge is -2.27. The predicted molar refractivity (Wildman–Crippen MR) is 85.2 cm³/mol. The van der Waals surface area contributed by atoms with E-state index in [1.165, 1.54) is 19.3 Å². The first kappa shape index (κ1) is 15.5. The lowest BCUT2D eigenvalue weighted by atomic mass is 10.1. The molecule has 5 nitrogen and oxygen atoms in total. The van der Waals surface area contributed by atoms with Gasteiger partial charge in [-0.1, -0.05) is 0 Å². The average molecular weight is 291 g/mol. The van der Waals surface area contributed by atoms with Gasteiger partial charge in [0.15, 0.2) is 5.96 Å². The highest BCUT2D eigenvalue weighted by Gasteiger charge is 2.11. The number of likely N-dealkylation sites (tertiary alicyclic amines) is 1. The number of ether oxygens (including phenoxy) is 2. The topological polar surface area (TPSA) is 60.1 Å². The standard InChI is InChI=1S/C16H25N3O2/c1-20-14-6-7-15(21-2)13(12-14)8-9-18-16(17)19-10-4-3-5-11-19/h6-7,12H,3-5,8-11H2,1-2H3,(H2,17,18). The molecule has 1 fully saturated rings. The Morgan fingerprint density at radius 3 is 2.62 bits per heavy atom. The maximum absolute atomic E-state index is 6.06. The number of nitrogens with two attached hydrogens (primary N) is 1. The normalized spacial score (nSPS) is 15.9. The largest absolute Gasteiger partial charge is 0.497 e. The second kappa shape index (κ2) is 7.76. The van der Waals surface area contributed by atoms with E-state index in [9.17, 15) is 0 Å². The number of guanidine groups is 1. The van der Waals surface area contributed by atoms with Gasteiger partial charge in [-0.05, 0) is 49.4 Å². The van der Waals surface area contributed by atoms with Crippen molar-refractivity contribution >= 4 is 5.96 Å². The van der Waals surface area contributed by atoms with Gasteiger partial charge in [0.25, 0.3) is 0 Å². The minimum atomic E-state index is 0.659. The van der Waals surface area contributed by atoms with E-state index in [1.807, 2.05) is 18.2 Å². The highest BCUT2D eigenvalue weighted by molar-refractivity contribution is 5.78. The van der Waals surface area contributed by atoms with Gasteiger partial charge in [0.2, 0.25) is 0 Å². The molecule has 0 aliphatic carbocycles. The summed E-state index contributed by atoms with van der Waals surface area (Å²) in [7, 11) is 3.34. The summed E-state index contributed by atoms with van der Waals surface area (Å²) in [6.45, 7) is 2.71. The highest BCUT2D eigenvalue weighted by Crippen LogP contribution is 2.24. The summed E-state index contributed by atoms with van der Waals surface area (Å²) >= 11 is 0. The molecule has 1 heterocycles. The molecule has 0 radical (unpaired) electrons. The van der Waals surface area contributed by atoms with Crippen molar-refractivity contribution in [1.82, 2.24) is 4.90 Å². The molecule has 116 valence electrons. The fourth-order valence-electron chi connectivity index (χ4n) is 2.59. The van der Waals surface area contributed by atoms with Crippen LogP contribution >= 0.6 is 0 Å². The van der Waals surface area contributed by atoms with Crippen LogP contribution in [0.1, 0.15) is 24.8 Å². The van der Waals surface area contributed by atoms with Gasteiger partial charge in [-0.25, -0.2) is 0 Å². The van der Waals surface area contributed by atoms with E-state index >= 15 is 0 Å². The van der Waals surface area contributed by atoms with Crippen molar-refractivity contribution in [3.8, 4) is 11.5 Å². The van der Waals surface area contributed by atoms with E-state index in [0.29, 0.717) is 12.5 Å². The Hall–Kier alpha value is -1.91. The van der Waals surface area contributed by atoms with Crippen LogP contribution in [0.25, 0.3) is 0 Å². The summed E-state index contributed by atoms with van der Waals surface area (Å²) in [5.41, 5.74) is 7.15. The first-order valence-electron chi connectivity index (χ1n) is 7.50. The number of aliphatic imine (C=N–C) groups is 1. The smallest absolute Gasteiger partial charge is 0.191 e. The van der Waals surface area contributed by atoms with Gasteiger partial charge in [0.1, 0.15) is 11.5 Å². The summed E-state index contributed by atoms with van der Waals surface area (Å²) in [6.07, 6.45) is 4.50. The third-order valence-corrected chi connectivity index (χ3v) is 3.82. The van der Waals surface area contributed by atoms with Crippen LogP contribution in [0.5, 0.6) is 11.5 Å². The Morgan fingerprint density at radius 1 is 1.19 bits per heavy atom. The molecule has 1 aromatic carbocycles. The third kappa shape index (κ3) is 4.28. The maximum Gasteiger partial charge on any atom is 0.191 e. The molecule has 0 atom stereocenters. The molecule has 1 aliphatic heterocycles. The van der Waals surface area contributed by atoms with E-state index in [-0.39, 0.29) is 0 Å². The second-order valence-corrected chi connectivity index (χ2v) is 5.22. The number of hydrogen-bond acceptors (Lipinski definition) is 3. The summed E-state index contributed by atoms with van der Waals surface area (Å²) in [4.78, 5) is 6.67. The Labute approximate surface area is 126 Å². The number of benzene rings is 1. The lowest BCUT2D eigenvalue weighted by Crippen LogP contribution is -2.41. The van der Waals surface area contributed by atoms with Crippen molar-refractivity contribution in [3.05, 3.63) is 23.8 Å². The van der Waals surface area contributed by atoms with Crippen LogP contribution in [0.15, 0.2) is 23.2 Å². The number of nitrogens with zero attached hydrogens (tertiary/aromatic N) is 2. The molecule has 1 aliphatic rings. The van der Waals surface area contributed by atoms with Gasteiger partial charge in [0.05, 0.1) is 14.2 Å². The van der Waals surface area contributed by atoms with Crippen LogP contribution in [0.3, 0.4) is 0 Å². The van der Waals surface area contributed by atoms with Crippen LogP contribution in [0.4, 0.5) is 0 Å². The summed E-state index contributed by atoms with van der Waals surface area (Å²) in [6, 6.07) is 5.81. The van der Waals surface area contributed by atoms with E-state index in [1.54, 1.807) is 14.2 Å². The molecule has 0 saturated carbocycles. The van der Waals surface area contributed by atoms with Crippen LogP contribution in [0, 0.1) is 0 Å². The molecule has 0 unspecified atom stereocenters. The number of hydrogen-bond donors (Lipinski definition) is 1. The molecule has 2 N–H and O–H groups in total. The van der Waals surface area contributed by atoms with E-state index in [0.717, 1.165) is 36.6 Å². The molecule has 1 aromatic rings. The summed E-state index contributed by atoms with van der Waals surface area (Å²) in [5, 5.41) is 0. The van der Waals surface area contributed by atoms with Gasteiger partial charge in [-0.2, -0.15) is 0 Å². The van der Waals surface area contributed by atoms with Crippen molar-refractivity contribution in [2.75, 3.05) is 33.9 Å². The van der Waals surface area contributed by atoms with Crippen LogP contribution in [0.2, 0.25) is 0 Å². The molecule has 2 rings (SSSR count). The second-order valence-electron chi connectivity index (χ2n) is 5.22.